The minimum Gasteiger partial charge on any atom is -0.497 e. The number of benzene rings is 1. The summed E-state index contributed by atoms with van der Waals surface area (Å²) in [7, 11) is 1.67. The first kappa shape index (κ1) is 18.0. The summed E-state index contributed by atoms with van der Waals surface area (Å²) in [6.45, 7) is 3.40. The van der Waals surface area contributed by atoms with Gasteiger partial charge in [-0.15, -0.1) is 0 Å². The smallest absolute Gasteiger partial charge is 0.314 e. The summed E-state index contributed by atoms with van der Waals surface area (Å²) in [6, 6.07) is 8.01. The fourth-order valence-electron chi connectivity index (χ4n) is 3.60. The lowest BCUT2D eigenvalue weighted by atomic mass is 9.74. The highest BCUT2D eigenvalue weighted by Gasteiger charge is 2.35. The van der Waals surface area contributed by atoms with Crippen LogP contribution in [0, 0.1) is 0 Å². The lowest BCUT2D eigenvalue weighted by Gasteiger charge is -2.38. The molecule has 0 aliphatic carbocycles. The minimum atomic E-state index is -0.130. The van der Waals surface area contributed by atoms with E-state index >= 15 is 0 Å². The summed E-state index contributed by atoms with van der Waals surface area (Å²) in [6.07, 6.45) is 4.04. The van der Waals surface area contributed by atoms with E-state index in [1.54, 1.807) is 7.11 Å². The minimum absolute atomic E-state index is 0.0915. The monoisotopic (exact) mass is 348 g/mol. The highest BCUT2D eigenvalue weighted by Crippen LogP contribution is 2.35. The van der Waals surface area contributed by atoms with Crippen LogP contribution >= 0.6 is 0 Å². The maximum absolute atomic E-state index is 12.2. The van der Waals surface area contributed by atoms with Gasteiger partial charge in [-0.2, -0.15) is 0 Å². The van der Waals surface area contributed by atoms with Crippen LogP contribution < -0.4 is 15.4 Å². The number of nitrogens with one attached hydrogen (secondary N) is 2. The van der Waals surface area contributed by atoms with Crippen molar-refractivity contribution in [3.05, 3.63) is 29.8 Å². The molecule has 2 amide bonds. The average Bonchev–Trinajstić information content (AvgIpc) is 3.19. The lowest BCUT2D eigenvalue weighted by Crippen LogP contribution is -2.48. The van der Waals surface area contributed by atoms with E-state index in [2.05, 4.69) is 22.8 Å². The molecule has 2 fully saturated rings. The van der Waals surface area contributed by atoms with Gasteiger partial charge in [-0.3, -0.25) is 0 Å². The zero-order valence-corrected chi connectivity index (χ0v) is 14.9. The Kier molecular flexibility index (Phi) is 6.15. The summed E-state index contributed by atoms with van der Waals surface area (Å²) < 4.78 is 16.3. The lowest BCUT2D eigenvalue weighted by molar-refractivity contribution is 0.0506. The Labute approximate surface area is 149 Å². The third-order valence-corrected chi connectivity index (χ3v) is 5.25. The Balaban J connectivity index is 1.58. The van der Waals surface area contributed by atoms with Crippen molar-refractivity contribution in [1.82, 2.24) is 10.6 Å². The van der Waals surface area contributed by atoms with Crippen molar-refractivity contribution in [2.75, 3.05) is 40.0 Å². The van der Waals surface area contributed by atoms with Crippen LogP contribution in [0.1, 0.15) is 31.2 Å². The van der Waals surface area contributed by atoms with Gasteiger partial charge in [0.2, 0.25) is 0 Å². The molecule has 6 nitrogen and oxygen atoms in total. The first-order valence-corrected chi connectivity index (χ1v) is 9.07. The quantitative estimate of drug-likeness (QED) is 0.827. The molecule has 1 atom stereocenters. The summed E-state index contributed by atoms with van der Waals surface area (Å²) in [5.74, 6) is 0.841. The van der Waals surface area contributed by atoms with Gasteiger partial charge in [-0.05, 0) is 43.4 Å². The molecule has 1 aromatic rings. The largest absolute Gasteiger partial charge is 0.497 e. The van der Waals surface area contributed by atoms with Gasteiger partial charge >= 0.3 is 6.03 Å². The summed E-state index contributed by atoms with van der Waals surface area (Å²) in [5.41, 5.74) is 1.13. The first-order valence-electron chi connectivity index (χ1n) is 9.07. The molecule has 138 valence electrons. The molecule has 2 aliphatic rings. The summed E-state index contributed by atoms with van der Waals surface area (Å²) >= 11 is 0. The van der Waals surface area contributed by atoms with Gasteiger partial charge in [0.25, 0.3) is 0 Å². The van der Waals surface area contributed by atoms with Crippen molar-refractivity contribution < 1.29 is 19.0 Å². The van der Waals surface area contributed by atoms with Gasteiger partial charge < -0.3 is 24.8 Å². The third kappa shape index (κ3) is 4.64. The second-order valence-electron chi connectivity index (χ2n) is 6.82. The molecule has 0 aromatic heterocycles. The van der Waals surface area contributed by atoms with Gasteiger partial charge in [0.15, 0.2) is 0 Å². The second-order valence-corrected chi connectivity index (χ2v) is 6.82. The van der Waals surface area contributed by atoms with Gasteiger partial charge in [0.05, 0.1) is 13.2 Å². The van der Waals surface area contributed by atoms with Crippen LogP contribution in [0.3, 0.4) is 0 Å². The van der Waals surface area contributed by atoms with Crippen molar-refractivity contribution in [2.45, 2.75) is 37.2 Å². The Morgan fingerprint density at radius 2 is 1.96 bits per heavy atom. The number of carbonyl (C=O) groups excluding carboxylic acids is 1. The number of rotatable bonds is 6. The van der Waals surface area contributed by atoms with Crippen LogP contribution in [0.5, 0.6) is 5.75 Å². The molecule has 2 heterocycles. The molecule has 3 rings (SSSR count). The highest BCUT2D eigenvalue weighted by molar-refractivity contribution is 5.74. The molecule has 0 saturated carbocycles. The normalized spacial score (nSPS) is 22.4. The van der Waals surface area contributed by atoms with Crippen LogP contribution in [0.4, 0.5) is 4.79 Å². The van der Waals surface area contributed by atoms with Gasteiger partial charge in [-0.1, -0.05) is 12.1 Å². The number of amides is 2. The number of hydrogen-bond acceptors (Lipinski definition) is 4. The predicted molar refractivity (Wildman–Crippen MR) is 95.1 cm³/mol. The van der Waals surface area contributed by atoms with Gasteiger partial charge in [-0.25, -0.2) is 4.79 Å². The van der Waals surface area contributed by atoms with E-state index < -0.39 is 0 Å². The van der Waals surface area contributed by atoms with Crippen LogP contribution in [0.15, 0.2) is 24.3 Å². The van der Waals surface area contributed by atoms with E-state index in [1.807, 2.05) is 12.1 Å². The Bertz CT molecular complexity index is 549. The van der Waals surface area contributed by atoms with E-state index in [4.69, 9.17) is 14.2 Å². The predicted octanol–water partition coefficient (Wildman–Crippen LogP) is 2.22. The van der Waals surface area contributed by atoms with Crippen molar-refractivity contribution in [1.29, 1.82) is 0 Å². The molecule has 25 heavy (non-hydrogen) atoms. The van der Waals surface area contributed by atoms with Gasteiger partial charge in [0, 0.05) is 38.3 Å². The van der Waals surface area contributed by atoms with Crippen molar-refractivity contribution in [3.63, 3.8) is 0 Å². The Morgan fingerprint density at radius 3 is 2.60 bits per heavy atom. The van der Waals surface area contributed by atoms with E-state index in [9.17, 15) is 4.79 Å². The van der Waals surface area contributed by atoms with E-state index in [1.165, 1.54) is 5.56 Å². The SMILES string of the molecule is COc1ccc(C2(CNC(=O)NCC3CCCO3)CCOCC2)cc1. The van der Waals surface area contributed by atoms with Gasteiger partial charge in [0.1, 0.15) is 5.75 Å². The highest BCUT2D eigenvalue weighted by atomic mass is 16.5. The standard InChI is InChI=1S/C19H28N2O4/c1-23-16-6-4-15(5-7-16)19(8-11-24-12-9-19)14-21-18(22)20-13-17-3-2-10-25-17/h4-7,17H,2-3,8-14H2,1H3,(H2,20,21,22). The number of hydrogen-bond donors (Lipinski definition) is 2. The molecule has 0 spiro atoms. The molecular weight excluding hydrogens is 320 g/mol. The average molecular weight is 348 g/mol. The third-order valence-electron chi connectivity index (χ3n) is 5.25. The van der Waals surface area contributed by atoms with Crippen LogP contribution in [0.2, 0.25) is 0 Å². The van der Waals surface area contributed by atoms with Crippen LogP contribution in [-0.4, -0.2) is 52.2 Å². The maximum Gasteiger partial charge on any atom is 0.314 e. The zero-order chi connectivity index (χ0) is 17.5. The van der Waals surface area contributed by atoms with Crippen molar-refractivity contribution >= 4 is 6.03 Å². The fourth-order valence-corrected chi connectivity index (χ4v) is 3.60. The Hall–Kier alpha value is -1.79. The van der Waals surface area contributed by atoms with Crippen molar-refractivity contribution in [2.24, 2.45) is 0 Å². The van der Waals surface area contributed by atoms with E-state index in [0.29, 0.717) is 26.3 Å². The zero-order valence-electron chi connectivity index (χ0n) is 14.9. The number of carbonyl (C=O) groups is 1. The molecule has 1 unspecified atom stereocenters. The molecule has 2 N–H and O–H groups in total. The molecular formula is C19H28N2O4. The number of ether oxygens (including phenoxy) is 3. The molecule has 2 aliphatic heterocycles. The van der Waals surface area contributed by atoms with Crippen molar-refractivity contribution in [3.8, 4) is 5.75 Å². The maximum atomic E-state index is 12.2. The fraction of sp³-hybridized carbons (Fsp3) is 0.632. The molecule has 2 saturated heterocycles. The summed E-state index contributed by atoms with van der Waals surface area (Å²) in [4.78, 5) is 12.2. The topological polar surface area (TPSA) is 68.8 Å². The number of methoxy groups -OCH3 is 1. The molecule has 0 bridgehead atoms. The number of urea groups is 1. The first-order chi connectivity index (χ1) is 12.2. The second kappa shape index (κ2) is 8.54. The molecule has 0 radical (unpaired) electrons. The Morgan fingerprint density at radius 1 is 1.20 bits per heavy atom. The van der Waals surface area contributed by atoms with E-state index in [0.717, 1.165) is 38.0 Å². The van der Waals surface area contributed by atoms with Crippen LogP contribution in [-0.2, 0) is 14.9 Å². The van der Waals surface area contributed by atoms with E-state index in [-0.39, 0.29) is 17.6 Å². The summed E-state index contributed by atoms with van der Waals surface area (Å²) in [5, 5.41) is 5.98. The van der Waals surface area contributed by atoms with Crippen LogP contribution in [0.25, 0.3) is 0 Å². The molecule has 6 heteroatoms. The molecule has 1 aromatic carbocycles.